The Morgan fingerprint density at radius 2 is 2.33 bits per heavy atom. The first-order valence-electron chi connectivity index (χ1n) is 6.09. The lowest BCUT2D eigenvalue weighted by Crippen LogP contribution is -2.41. The first-order chi connectivity index (χ1) is 8.72. The Bertz CT molecular complexity index is 425. The van der Waals surface area contributed by atoms with E-state index >= 15 is 0 Å². The number of carbonyl (C=O) groups is 1. The summed E-state index contributed by atoms with van der Waals surface area (Å²) < 4.78 is 5.05. The van der Waals surface area contributed by atoms with Crippen LogP contribution in [0.3, 0.4) is 0 Å². The quantitative estimate of drug-likeness (QED) is 0.873. The third-order valence-corrected chi connectivity index (χ3v) is 3.12. The molecule has 1 aliphatic heterocycles. The van der Waals surface area contributed by atoms with Crippen molar-refractivity contribution in [1.29, 1.82) is 0 Å². The molecule has 1 saturated heterocycles. The van der Waals surface area contributed by atoms with Crippen LogP contribution < -0.4 is 9.64 Å². The second-order valence-corrected chi connectivity index (χ2v) is 4.30. The number of hydrogen-bond acceptors (Lipinski definition) is 5. The van der Waals surface area contributed by atoms with Gasteiger partial charge in [-0.25, -0.2) is 9.78 Å². The Kier molecular flexibility index (Phi) is 3.96. The molecule has 2 rings (SSSR count). The van der Waals surface area contributed by atoms with Gasteiger partial charge in [0.15, 0.2) is 0 Å². The molecule has 1 atom stereocenters. The summed E-state index contributed by atoms with van der Waals surface area (Å²) in [7, 11) is 1.53. The number of ether oxygens (including phenoxy) is 1. The molecule has 1 aromatic rings. The Morgan fingerprint density at radius 3 is 3.06 bits per heavy atom. The lowest BCUT2D eigenvalue weighted by molar-refractivity contribution is -0.138. The van der Waals surface area contributed by atoms with Gasteiger partial charge in [-0.3, -0.25) is 0 Å². The maximum atomic E-state index is 11.3. The molecule has 0 aromatic carbocycles. The Labute approximate surface area is 106 Å². The minimum absolute atomic E-state index is 0.434. The van der Waals surface area contributed by atoms with Crippen molar-refractivity contribution in [3.63, 3.8) is 0 Å². The fourth-order valence-electron chi connectivity index (χ4n) is 2.19. The fourth-order valence-corrected chi connectivity index (χ4v) is 2.19. The zero-order valence-electron chi connectivity index (χ0n) is 10.4. The van der Waals surface area contributed by atoms with Crippen LogP contribution in [0.2, 0.25) is 0 Å². The van der Waals surface area contributed by atoms with Gasteiger partial charge < -0.3 is 14.7 Å². The van der Waals surface area contributed by atoms with E-state index in [2.05, 4.69) is 9.97 Å². The standard InChI is InChI=1S/C12H17N3O3/c1-18-10-6-7-13-12(14-10)15-8-4-2-3-5-9(15)11(16)17/h6-7,9H,2-5,8H2,1H3,(H,16,17). The highest BCUT2D eigenvalue weighted by molar-refractivity contribution is 5.77. The first-order valence-corrected chi connectivity index (χ1v) is 6.09. The molecule has 2 heterocycles. The van der Waals surface area contributed by atoms with Crippen molar-refractivity contribution in [2.24, 2.45) is 0 Å². The van der Waals surface area contributed by atoms with Crippen LogP contribution in [0.15, 0.2) is 12.3 Å². The van der Waals surface area contributed by atoms with Gasteiger partial charge in [0.05, 0.1) is 7.11 Å². The molecule has 0 amide bonds. The summed E-state index contributed by atoms with van der Waals surface area (Å²) >= 11 is 0. The normalized spacial score (nSPS) is 20.3. The van der Waals surface area contributed by atoms with Crippen LogP contribution in [0.4, 0.5) is 5.95 Å². The molecule has 1 N–H and O–H groups in total. The average Bonchev–Trinajstić information content (AvgIpc) is 2.64. The number of carboxylic acids is 1. The third kappa shape index (κ3) is 2.69. The number of aliphatic carboxylic acids is 1. The number of hydrogen-bond donors (Lipinski definition) is 1. The van der Waals surface area contributed by atoms with Gasteiger partial charge in [-0.2, -0.15) is 4.98 Å². The number of rotatable bonds is 3. The molecule has 6 nitrogen and oxygen atoms in total. The molecule has 1 fully saturated rings. The van der Waals surface area contributed by atoms with Crippen molar-refractivity contribution < 1.29 is 14.6 Å². The topological polar surface area (TPSA) is 75.5 Å². The van der Waals surface area contributed by atoms with E-state index in [1.165, 1.54) is 7.11 Å². The second kappa shape index (κ2) is 5.66. The van der Waals surface area contributed by atoms with Crippen molar-refractivity contribution >= 4 is 11.9 Å². The zero-order chi connectivity index (χ0) is 13.0. The Morgan fingerprint density at radius 1 is 1.50 bits per heavy atom. The van der Waals surface area contributed by atoms with E-state index in [-0.39, 0.29) is 0 Å². The van der Waals surface area contributed by atoms with Crippen LogP contribution in [0.1, 0.15) is 25.7 Å². The number of aromatic nitrogens is 2. The van der Waals surface area contributed by atoms with E-state index in [1.54, 1.807) is 17.2 Å². The lowest BCUT2D eigenvalue weighted by Gasteiger charge is -2.26. The molecule has 0 aliphatic carbocycles. The van der Waals surface area contributed by atoms with Crippen molar-refractivity contribution in [1.82, 2.24) is 9.97 Å². The van der Waals surface area contributed by atoms with E-state index < -0.39 is 12.0 Å². The molecule has 0 bridgehead atoms. The predicted molar refractivity (Wildman–Crippen MR) is 65.8 cm³/mol. The van der Waals surface area contributed by atoms with Gasteiger partial charge in [0, 0.05) is 18.8 Å². The fraction of sp³-hybridized carbons (Fsp3) is 0.583. The number of methoxy groups -OCH3 is 1. The number of nitrogens with zero attached hydrogens (tertiary/aromatic N) is 3. The maximum Gasteiger partial charge on any atom is 0.326 e. The summed E-state index contributed by atoms with van der Waals surface area (Å²) in [6.07, 6.45) is 5.16. The monoisotopic (exact) mass is 251 g/mol. The van der Waals surface area contributed by atoms with Gasteiger partial charge in [0.2, 0.25) is 11.8 Å². The highest BCUT2D eigenvalue weighted by Crippen LogP contribution is 2.22. The average molecular weight is 251 g/mol. The van der Waals surface area contributed by atoms with Crippen molar-refractivity contribution in [3.05, 3.63) is 12.3 Å². The predicted octanol–water partition coefficient (Wildman–Crippen LogP) is 1.32. The van der Waals surface area contributed by atoms with Gasteiger partial charge in [-0.1, -0.05) is 12.8 Å². The van der Waals surface area contributed by atoms with Crippen LogP contribution >= 0.6 is 0 Å². The summed E-state index contributed by atoms with van der Waals surface area (Å²) in [6, 6.07) is 1.11. The highest BCUT2D eigenvalue weighted by Gasteiger charge is 2.29. The first kappa shape index (κ1) is 12.6. The van der Waals surface area contributed by atoms with Gasteiger partial charge >= 0.3 is 5.97 Å². The minimum Gasteiger partial charge on any atom is -0.481 e. The zero-order valence-corrected chi connectivity index (χ0v) is 10.4. The SMILES string of the molecule is COc1ccnc(N2CCCCCC2C(=O)O)n1. The second-order valence-electron chi connectivity index (χ2n) is 4.30. The van der Waals surface area contributed by atoms with Crippen molar-refractivity contribution in [2.45, 2.75) is 31.7 Å². The Hall–Kier alpha value is -1.85. The molecule has 6 heteroatoms. The molecule has 1 aliphatic rings. The van der Waals surface area contributed by atoms with Gasteiger partial charge in [-0.05, 0) is 12.8 Å². The van der Waals surface area contributed by atoms with Crippen LogP contribution in [-0.2, 0) is 4.79 Å². The van der Waals surface area contributed by atoms with E-state index in [9.17, 15) is 9.90 Å². The van der Waals surface area contributed by atoms with Gasteiger partial charge in [0.1, 0.15) is 6.04 Å². The van der Waals surface area contributed by atoms with E-state index in [1.807, 2.05) is 0 Å². The summed E-state index contributed by atoms with van der Waals surface area (Å²) in [6.45, 7) is 0.671. The van der Waals surface area contributed by atoms with E-state index in [0.717, 1.165) is 19.3 Å². The van der Waals surface area contributed by atoms with Crippen LogP contribution in [-0.4, -0.2) is 40.7 Å². The lowest BCUT2D eigenvalue weighted by atomic mass is 10.1. The number of carboxylic acid groups (broad SMARTS) is 1. The van der Waals surface area contributed by atoms with Gasteiger partial charge in [0.25, 0.3) is 0 Å². The molecule has 1 aromatic heterocycles. The van der Waals surface area contributed by atoms with Crippen molar-refractivity contribution in [2.75, 3.05) is 18.6 Å². The molecule has 0 spiro atoms. The summed E-state index contributed by atoms with van der Waals surface area (Å²) in [5, 5.41) is 9.29. The largest absolute Gasteiger partial charge is 0.481 e. The summed E-state index contributed by atoms with van der Waals surface area (Å²) in [5.74, 6) is 0.0698. The molecular formula is C12H17N3O3. The molecule has 0 radical (unpaired) electrons. The Balaban J connectivity index is 2.28. The molecule has 18 heavy (non-hydrogen) atoms. The van der Waals surface area contributed by atoms with Crippen LogP contribution in [0.5, 0.6) is 5.88 Å². The highest BCUT2D eigenvalue weighted by atomic mass is 16.5. The molecule has 1 unspecified atom stereocenters. The number of anilines is 1. The molecular weight excluding hydrogens is 234 g/mol. The van der Waals surface area contributed by atoms with E-state index in [0.29, 0.717) is 24.8 Å². The van der Waals surface area contributed by atoms with Crippen LogP contribution in [0.25, 0.3) is 0 Å². The van der Waals surface area contributed by atoms with Crippen LogP contribution in [0, 0.1) is 0 Å². The maximum absolute atomic E-state index is 11.3. The summed E-state index contributed by atoms with van der Waals surface area (Å²) in [4.78, 5) is 21.5. The summed E-state index contributed by atoms with van der Waals surface area (Å²) in [5.41, 5.74) is 0. The smallest absolute Gasteiger partial charge is 0.326 e. The van der Waals surface area contributed by atoms with E-state index in [4.69, 9.17) is 4.74 Å². The molecule has 0 saturated carbocycles. The van der Waals surface area contributed by atoms with Crippen molar-refractivity contribution in [3.8, 4) is 5.88 Å². The third-order valence-electron chi connectivity index (χ3n) is 3.12. The molecule has 98 valence electrons. The van der Waals surface area contributed by atoms with Gasteiger partial charge in [-0.15, -0.1) is 0 Å². The minimum atomic E-state index is -0.816.